The third-order valence-electron chi connectivity index (χ3n) is 5.15. The molecule has 0 bridgehead atoms. The molecule has 0 spiro atoms. The maximum absolute atomic E-state index is 12.6. The maximum atomic E-state index is 12.6. The number of nitrogens with one attached hydrogen (secondary N) is 3. The lowest BCUT2D eigenvalue weighted by Gasteiger charge is -2.12. The Balaban J connectivity index is 1.39. The van der Waals surface area contributed by atoms with Crippen LogP contribution in [0.25, 0.3) is 10.7 Å². The van der Waals surface area contributed by atoms with Gasteiger partial charge in [-0.2, -0.15) is 0 Å². The zero-order valence-corrected chi connectivity index (χ0v) is 19.7. The smallest absolute Gasteiger partial charge is 0.358 e. The van der Waals surface area contributed by atoms with Crippen molar-refractivity contribution in [3.05, 3.63) is 98.8 Å². The number of hydrogen-bond donors (Lipinski definition) is 5. The first-order valence-electron chi connectivity index (χ1n) is 10.8. The summed E-state index contributed by atoms with van der Waals surface area (Å²) >= 11 is 1.14. The summed E-state index contributed by atoms with van der Waals surface area (Å²) in [5, 5.41) is 25.9. The second-order valence-corrected chi connectivity index (χ2v) is 8.55. The number of hydrogen-bond acceptors (Lipinski definition) is 7. The number of aromatic carboxylic acids is 1. The van der Waals surface area contributed by atoms with Crippen molar-refractivity contribution in [2.75, 3.05) is 5.32 Å². The number of aromatic nitrogens is 2. The average Bonchev–Trinajstić information content (AvgIpc) is 3.33. The number of rotatable bonds is 9. The molecule has 0 saturated carbocycles. The van der Waals surface area contributed by atoms with Gasteiger partial charge in [0.1, 0.15) is 0 Å². The van der Waals surface area contributed by atoms with Crippen molar-refractivity contribution in [3.63, 3.8) is 0 Å². The number of aromatic hydroxyl groups is 1. The number of ether oxygens (including phenoxy) is 1. The number of carbonyl (C=O) groups excluding carboxylic acids is 1. The van der Waals surface area contributed by atoms with E-state index in [4.69, 9.17) is 4.74 Å². The largest absolute Gasteiger partial charge is 0.501 e. The molecule has 2 amide bonds. The Kier molecular flexibility index (Phi) is 7.73. The Hall–Kier alpha value is -4.48. The van der Waals surface area contributed by atoms with Crippen molar-refractivity contribution < 1.29 is 24.5 Å². The van der Waals surface area contributed by atoms with E-state index in [0.717, 1.165) is 28.0 Å². The second kappa shape index (κ2) is 11.3. The summed E-state index contributed by atoms with van der Waals surface area (Å²) < 4.78 is 5.83. The van der Waals surface area contributed by atoms with Crippen LogP contribution >= 0.6 is 11.3 Å². The molecule has 0 fully saturated rings. The molecule has 0 aliphatic carbocycles. The number of carboxylic acid groups (broad SMARTS) is 1. The van der Waals surface area contributed by atoms with Gasteiger partial charge in [0.05, 0.1) is 23.8 Å². The van der Waals surface area contributed by atoms with Gasteiger partial charge in [-0.1, -0.05) is 54.6 Å². The van der Waals surface area contributed by atoms with Crippen LogP contribution < -0.4 is 16.2 Å². The molecule has 4 aromatic rings. The highest BCUT2D eigenvalue weighted by atomic mass is 32.1. The number of H-pyrrole nitrogens is 1. The number of aromatic amines is 1. The van der Waals surface area contributed by atoms with Gasteiger partial charge >= 0.3 is 12.0 Å². The molecule has 2 aromatic carbocycles. The number of amides is 2. The van der Waals surface area contributed by atoms with Crippen molar-refractivity contribution in [2.45, 2.75) is 19.8 Å². The van der Waals surface area contributed by atoms with Gasteiger partial charge in [-0.15, -0.1) is 11.3 Å². The summed E-state index contributed by atoms with van der Waals surface area (Å²) in [5.41, 5.74) is 1.45. The summed E-state index contributed by atoms with van der Waals surface area (Å²) in [6, 6.07) is 18.5. The monoisotopic (exact) mass is 506 g/mol. The summed E-state index contributed by atoms with van der Waals surface area (Å²) in [5.74, 6) is -2.61. The molecule has 4 rings (SSSR count). The minimum atomic E-state index is -1.55. The predicted molar refractivity (Wildman–Crippen MR) is 134 cm³/mol. The fraction of sp³-hybridized carbons (Fsp3) is 0.120. The van der Waals surface area contributed by atoms with E-state index in [1.807, 2.05) is 54.6 Å². The Morgan fingerprint density at radius 2 is 1.72 bits per heavy atom. The molecular weight excluding hydrogens is 484 g/mol. The topological polar surface area (TPSA) is 154 Å². The molecule has 0 radical (unpaired) electrons. The van der Waals surface area contributed by atoms with Crippen LogP contribution in [0.5, 0.6) is 5.75 Å². The molecule has 0 saturated heterocycles. The second-order valence-electron chi connectivity index (χ2n) is 7.64. The lowest BCUT2D eigenvalue weighted by molar-refractivity contribution is 0.0686. The Morgan fingerprint density at radius 1 is 1.00 bits per heavy atom. The molecule has 5 N–H and O–H groups in total. The zero-order chi connectivity index (χ0) is 25.5. The van der Waals surface area contributed by atoms with Crippen molar-refractivity contribution in [1.82, 2.24) is 15.3 Å². The van der Waals surface area contributed by atoms with Gasteiger partial charge in [-0.3, -0.25) is 4.79 Å². The highest BCUT2D eigenvalue weighted by Gasteiger charge is 2.20. The van der Waals surface area contributed by atoms with Crippen LogP contribution in [-0.2, 0) is 24.5 Å². The number of carbonyl (C=O) groups is 2. The van der Waals surface area contributed by atoms with Crippen LogP contribution in [-0.4, -0.2) is 32.2 Å². The van der Waals surface area contributed by atoms with Gasteiger partial charge in [0.2, 0.25) is 5.75 Å². The van der Waals surface area contributed by atoms with E-state index in [1.54, 1.807) is 11.4 Å². The SMILES string of the molecule is O=C(NCc1ccccc1COCc1ccccc1)Nc1ccsc1-c1nc(C(=O)O)c(O)c(=O)[nH]1. The Morgan fingerprint density at radius 3 is 2.47 bits per heavy atom. The van der Waals surface area contributed by atoms with E-state index in [1.165, 1.54) is 0 Å². The molecule has 11 heteroatoms. The minimum absolute atomic E-state index is 0.0820. The quantitative estimate of drug-likeness (QED) is 0.230. The molecule has 0 atom stereocenters. The average molecular weight is 507 g/mol. The van der Waals surface area contributed by atoms with Crippen molar-refractivity contribution in [1.29, 1.82) is 0 Å². The van der Waals surface area contributed by atoms with E-state index >= 15 is 0 Å². The van der Waals surface area contributed by atoms with E-state index in [2.05, 4.69) is 20.6 Å². The lowest BCUT2D eigenvalue weighted by atomic mass is 10.1. The van der Waals surface area contributed by atoms with Gasteiger partial charge in [0.25, 0.3) is 5.56 Å². The first-order valence-corrected chi connectivity index (χ1v) is 11.7. The zero-order valence-electron chi connectivity index (χ0n) is 18.9. The molecule has 2 heterocycles. The van der Waals surface area contributed by atoms with Gasteiger partial charge in [0, 0.05) is 6.54 Å². The molecule has 0 aliphatic heterocycles. The summed E-state index contributed by atoms with van der Waals surface area (Å²) in [4.78, 5) is 42.3. The van der Waals surface area contributed by atoms with Crippen LogP contribution in [0.3, 0.4) is 0 Å². The molecule has 0 aliphatic rings. The molecular formula is C25H22N4O6S. The highest BCUT2D eigenvalue weighted by molar-refractivity contribution is 7.14. The number of benzene rings is 2. The van der Waals surface area contributed by atoms with E-state index in [0.29, 0.717) is 23.8 Å². The van der Waals surface area contributed by atoms with Crippen molar-refractivity contribution >= 4 is 29.0 Å². The standard InChI is InChI=1S/C25H22N4O6S/c30-20-19(24(32)33)28-22(29-23(20)31)21-18(10-11-36-21)27-25(34)26-12-16-8-4-5-9-17(16)14-35-13-15-6-2-1-3-7-15/h1-11,30H,12-14H2,(H,32,33)(H2,26,27,34)(H,28,29,31). The molecule has 0 unspecified atom stereocenters. The summed E-state index contributed by atoms with van der Waals surface area (Å²) in [7, 11) is 0. The van der Waals surface area contributed by atoms with Gasteiger partial charge < -0.3 is 30.6 Å². The van der Waals surface area contributed by atoms with Crippen LogP contribution in [0.1, 0.15) is 27.2 Å². The lowest BCUT2D eigenvalue weighted by Crippen LogP contribution is -2.28. The maximum Gasteiger partial charge on any atom is 0.358 e. The van der Waals surface area contributed by atoms with Crippen molar-refractivity contribution in [2.24, 2.45) is 0 Å². The first-order chi connectivity index (χ1) is 17.4. The number of urea groups is 1. The number of nitrogens with zero attached hydrogens (tertiary/aromatic N) is 1. The van der Waals surface area contributed by atoms with Crippen LogP contribution in [0.15, 0.2) is 70.8 Å². The third-order valence-corrected chi connectivity index (χ3v) is 6.07. The van der Waals surface area contributed by atoms with Crippen molar-refractivity contribution in [3.8, 4) is 16.5 Å². The Labute approximate surface area is 209 Å². The number of carboxylic acids is 1. The summed E-state index contributed by atoms with van der Waals surface area (Å²) in [6.45, 7) is 1.10. The fourth-order valence-electron chi connectivity index (χ4n) is 3.38. The van der Waals surface area contributed by atoms with Crippen LogP contribution in [0.2, 0.25) is 0 Å². The number of anilines is 1. The van der Waals surface area contributed by atoms with E-state index < -0.39 is 29.0 Å². The minimum Gasteiger partial charge on any atom is -0.501 e. The highest BCUT2D eigenvalue weighted by Crippen LogP contribution is 2.31. The molecule has 36 heavy (non-hydrogen) atoms. The Bertz CT molecular complexity index is 1430. The van der Waals surface area contributed by atoms with Gasteiger partial charge in [0.15, 0.2) is 11.5 Å². The molecule has 184 valence electrons. The normalized spacial score (nSPS) is 10.7. The van der Waals surface area contributed by atoms with Crippen LogP contribution in [0.4, 0.5) is 10.5 Å². The molecule has 2 aromatic heterocycles. The predicted octanol–water partition coefficient (Wildman–Crippen LogP) is 3.94. The first kappa shape index (κ1) is 24.6. The van der Waals surface area contributed by atoms with Crippen LogP contribution in [0, 0.1) is 0 Å². The molecule has 10 nitrogen and oxygen atoms in total. The number of thiophene rings is 1. The third kappa shape index (κ3) is 5.95. The summed E-state index contributed by atoms with van der Waals surface area (Å²) in [6.07, 6.45) is 0. The van der Waals surface area contributed by atoms with E-state index in [9.17, 15) is 24.6 Å². The van der Waals surface area contributed by atoms with Gasteiger partial charge in [-0.05, 0) is 28.1 Å². The fourth-order valence-corrected chi connectivity index (χ4v) is 4.18. The van der Waals surface area contributed by atoms with E-state index in [-0.39, 0.29) is 12.4 Å². The van der Waals surface area contributed by atoms with Gasteiger partial charge in [-0.25, -0.2) is 14.6 Å².